The van der Waals surface area contributed by atoms with Crippen molar-refractivity contribution in [3.63, 3.8) is 0 Å². The predicted octanol–water partition coefficient (Wildman–Crippen LogP) is 2.36. The third kappa shape index (κ3) is 3.14. The van der Waals surface area contributed by atoms with Gasteiger partial charge in [0.05, 0.1) is 6.07 Å². The molecule has 3 heteroatoms. The number of para-hydroxylation sites is 1. The molecule has 0 radical (unpaired) electrons. The van der Waals surface area contributed by atoms with Crippen molar-refractivity contribution in [3.05, 3.63) is 54.7 Å². The van der Waals surface area contributed by atoms with E-state index < -0.39 is 0 Å². The molecular weight excluding hydrogens is 214 g/mol. The quantitative estimate of drug-likeness (QED) is 0.752. The first-order chi connectivity index (χ1) is 8.25. The summed E-state index contributed by atoms with van der Waals surface area (Å²) < 4.78 is 7.51. The summed E-state index contributed by atoms with van der Waals surface area (Å²) in [5, 5.41) is 0. The highest BCUT2D eigenvalue weighted by Gasteiger charge is 2.13. The van der Waals surface area contributed by atoms with Crippen molar-refractivity contribution < 1.29 is 14.1 Å². The van der Waals surface area contributed by atoms with Gasteiger partial charge in [-0.15, -0.1) is 0 Å². The topological polar surface area (TPSA) is 30.2 Å². The minimum Gasteiger partial charge on any atom is -0.405 e. The summed E-state index contributed by atoms with van der Waals surface area (Å²) in [6.07, 6.45) is 1.83. The van der Waals surface area contributed by atoms with E-state index in [1.165, 1.54) is 0 Å². The van der Waals surface area contributed by atoms with Gasteiger partial charge in [-0.1, -0.05) is 18.2 Å². The highest BCUT2D eigenvalue weighted by atomic mass is 16.5. The molecule has 0 bridgehead atoms. The number of nitrogens with zero attached hydrogens (tertiary/aromatic N) is 1. The van der Waals surface area contributed by atoms with Crippen LogP contribution in [0.2, 0.25) is 0 Å². The van der Waals surface area contributed by atoms with Crippen LogP contribution >= 0.6 is 0 Å². The molecule has 0 N–H and O–H groups in total. The Hall–Kier alpha value is -2.16. The Morgan fingerprint density at radius 2 is 1.82 bits per heavy atom. The molecule has 1 aromatic carbocycles. The van der Waals surface area contributed by atoms with Crippen LogP contribution in [-0.2, 0) is 11.3 Å². The van der Waals surface area contributed by atoms with Crippen LogP contribution in [0.1, 0.15) is 6.92 Å². The lowest BCUT2D eigenvalue weighted by atomic mass is 10.3. The average Bonchev–Trinajstić information content (AvgIpc) is 2.32. The first-order valence-electron chi connectivity index (χ1n) is 5.46. The van der Waals surface area contributed by atoms with Crippen molar-refractivity contribution in [1.82, 2.24) is 0 Å². The van der Waals surface area contributed by atoms with Gasteiger partial charge in [0.1, 0.15) is 5.75 Å². The molecule has 0 spiro atoms. The molecule has 0 amide bonds. The minimum atomic E-state index is 0.0964. The summed E-state index contributed by atoms with van der Waals surface area (Å²) in [6, 6.07) is 15.1. The molecule has 0 unspecified atom stereocenters. The van der Waals surface area contributed by atoms with Gasteiger partial charge in [-0.05, 0) is 18.2 Å². The van der Waals surface area contributed by atoms with Crippen LogP contribution < -0.4 is 9.30 Å². The standard InChI is InChI=1S/C14H14NO2/c1-12(16)11-15-10-6-5-9-14(15)17-13-7-3-2-4-8-13/h2-10H,11H2,1H3/q+1. The van der Waals surface area contributed by atoms with Crippen molar-refractivity contribution >= 4 is 5.78 Å². The Morgan fingerprint density at radius 3 is 2.53 bits per heavy atom. The Bertz CT molecular complexity index is 509. The zero-order valence-corrected chi connectivity index (χ0v) is 9.67. The maximum Gasteiger partial charge on any atom is 0.373 e. The number of rotatable bonds is 4. The SMILES string of the molecule is CC(=O)C[n+]1ccccc1Oc1ccccc1. The van der Waals surface area contributed by atoms with E-state index in [1.807, 2.05) is 54.7 Å². The lowest BCUT2D eigenvalue weighted by molar-refractivity contribution is -0.688. The molecule has 0 saturated heterocycles. The molecule has 0 saturated carbocycles. The predicted molar refractivity (Wildman–Crippen MR) is 63.8 cm³/mol. The van der Waals surface area contributed by atoms with E-state index in [1.54, 1.807) is 11.5 Å². The number of carbonyl (C=O) groups is 1. The number of Topliss-reactive ketones (excluding diaryl/α,β-unsaturated/α-hetero) is 1. The molecule has 0 fully saturated rings. The molecule has 1 heterocycles. The third-order valence-corrected chi connectivity index (χ3v) is 2.26. The van der Waals surface area contributed by atoms with Crippen molar-refractivity contribution in [1.29, 1.82) is 0 Å². The Labute approximate surface area is 100 Å². The van der Waals surface area contributed by atoms with E-state index in [0.717, 1.165) is 5.75 Å². The number of hydrogen-bond donors (Lipinski definition) is 0. The van der Waals surface area contributed by atoms with Crippen LogP contribution in [0.3, 0.4) is 0 Å². The lowest BCUT2D eigenvalue weighted by Gasteiger charge is -2.04. The van der Waals surface area contributed by atoms with E-state index in [0.29, 0.717) is 12.4 Å². The molecule has 0 aliphatic carbocycles. The molecule has 0 aliphatic heterocycles. The fourth-order valence-corrected chi connectivity index (χ4v) is 1.53. The summed E-state index contributed by atoms with van der Waals surface area (Å²) in [4.78, 5) is 11.1. The van der Waals surface area contributed by atoms with Crippen LogP contribution in [-0.4, -0.2) is 5.78 Å². The van der Waals surface area contributed by atoms with Gasteiger partial charge in [0.15, 0.2) is 12.0 Å². The summed E-state index contributed by atoms with van der Waals surface area (Å²) in [5.74, 6) is 1.52. The van der Waals surface area contributed by atoms with E-state index >= 15 is 0 Å². The van der Waals surface area contributed by atoms with Crippen molar-refractivity contribution in [2.75, 3.05) is 0 Å². The molecule has 3 nitrogen and oxygen atoms in total. The Balaban J connectivity index is 2.23. The third-order valence-electron chi connectivity index (χ3n) is 2.26. The molecule has 1 aromatic heterocycles. The highest BCUT2D eigenvalue weighted by Crippen LogP contribution is 2.16. The first kappa shape index (κ1) is 11.3. The van der Waals surface area contributed by atoms with Crippen LogP contribution in [0.5, 0.6) is 11.6 Å². The first-order valence-corrected chi connectivity index (χ1v) is 5.46. The molecule has 0 aliphatic rings. The minimum absolute atomic E-state index is 0.0964. The normalized spacial score (nSPS) is 9.94. The average molecular weight is 228 g/mol. The van der Waals surface area contributed by atoms with Crippen LogP contribution in [0.4, 0.5) is 0 Å². The molecule has 86 valence electrons. The number of ether oxygens (including phenoxy) is 1. The number of pyridine rings is 1. The number of carbonyl (C=O) groups excluding carboxylic acids is 1. The maximum atomic E-state index is 11.1. The largest absolute Gasteiger partial charge is 0.405 e. The van der Waals surface area contributed by atoms with Crippen molar-refractivity contribution in [2.24, 2.45) is 0 Å². The summed E-state index contributed by atoms with van der Waals surface area (Å²) in [5.41, 5.74) is 0. The number of aromatic nitrogens is 1. The van der Waals surface area contributed by atoms with Crippen LogP contribution in [0, 0.1) is 0 Å². The van der Waals surface area contributed by atoms with Gasteiger partial charge in [0.25, 0.3) is 0 Å². The fraction of sp³-hybridized carbons (Fsp3) is 0.143. The van der Waals surface area contributed by atoms with Gasteiger partial charge in [-0.3, -0.25) is 4.79 Å². The summed E-state index contributed by atoms with van der Waals surface area (Å²) in [7, 11) is 0. The van der Waals surface area contributed by atoms with Gasteiger partial charge in [-0.2, -0.15) is 4.57 Å². The number of benzene rings is 1. The molecular formula is C14H14NO2+. The Kier molecular flexibility index (Phi) is 3.50. The molecule has 2 aromatic rings. The second-order valence-electron chi connectivity index (χ2n) is 3.78. The molecule has 17 heavy (non-hydrogen) atoms. The van der Waals surface area contributed by atoms with Gasteiger partial charge in [0.2, 0.25) is 6.54 Å². The van der Waals surface area contributed by atoms with Crippen molar-refractivity contribution in [3.8, 4) is 11.6 Å². The van der Waals surface area contributed by atoms with Gasteiger partial charge >= 0.3 is 5.88 Å². The van der Waals surface area contributed by atoms with Crippen LogP contribution in [0.25, 0.3) is 0 Å². The van der Waals surface area contributed by atoms with Crippen molar-refractivity contribution in [2.45, 2.75) is 13.5 Å². The summed E-state index contributed by atoms with van der Waals surface area (Å²) >= 11 is 0. The fourth-order valence-electron chi connectivity index (χ4n) is 1.53. The molecule has 0 atom stereocenters. The lowest BCUT2D eigenvalue weighted by Crippen LogP contribution is -2.37. The van der Waals surface area contributed by atoms with E-state index in [4.69, 9.17) is 4.74 Å². The van der Waals surface area contributed by atoms with Crippen LogP contribution in [0.15, 0.2) is 54.7 Å². The zero-order chi connectivity index (χ0) is 12.1. The summed E-state index contributed by atoms with van der Waals surface area (Å²) in [6.45, 7) is 1.88. The number of hydrogen-bond acceptors (Lipinski definition) is 2. The molecule has 2 rings (SSSR count). The Morgan fingerprint density at radius 1 is 1.12 bits per heavy atom. The maximum absolute atomic E-state index is 11.1. The second-order valence-corrected chi connectivity index (χ2v) is 3.78. The van der Waals surface area contributed by atoms with Gasteiger partial charge in [-0.25, -0.2) is 0 Å². The van der Waals surface area contributed by atoms with Gasteiger partial charge in [0, 0.05) is 13.0 Å². The van der Waals surface area contributed by atoms with E-state index in [-0.39, 0.29) is 5.78 Å². The van der Waals surface area contributed by atoms with E-state index in [2.05, 4.69) is 0 Å². The monoisotopic (exact) mass is 228 g/mol. The second kappa shape index (κ2) is 5.25. The highest BCUT2D eigenvalue weighted by molar-refractivity contribution is 5.73. The number of ketones is 1. The smallest absolute Gasteiger partial charge is 0.373 e. The van der Waals surface area contributed by atoms with Gasteiger partial charge < -0.3 is 4.74 Å². The zero-order valence-electron chi connectivity index (χ0n) is 9.67. The van der Waals surface area contributed by atoms with E-state index in [9.17, 15) is 4.79 Å².